The molecule has 7 nitrogen and oxygen atoms in total. The van der Waals surface area contributed by atoms with Gasteiger partial charge >= 0.3 is 5.97 Å². The molecule has 0 atom stereocenters. The van der Waals surface area contributed by atoms with E-state index in [0.717, 1.165) is 16.0 Å². The van der Waals surface area contributed by atoms with E-state index >= 15 is 0 Å². The third-order valence-electron chi connectivity index (χ3n) is 4.32. The number of hydrogen-bond acceptors (Lipinski definition) is 6. The number of ether oxygens (including phenoxy) is 1. The molecular formula is C19H19Cl2N5O2S2. The molecule has 2 N–H and O–H groups in total. The Morgan fingerprint density at radius 2 is 1.97 bits per heavy atom. The maximum Gasteiger partial charge on any atom is 0.341 e. The SMILES string of the molecule is CCc1c(C)sc(NC(=S)Nc2ncn(Cc3c(Cl)cccc3Cl)n2)c1C(=O)OC. The number of nitrogens with one attached hydrogen (secondary N) is 2. The highest BCUT2D eigenvalue weighted by atomic mass is 35.5. The Hall–Kier alpha value is -2.20. The number of anilines is 2. The zero-order chi connectivity index (χ0) is 21.8. The van der Waals surface area contributed by atoms with E-state index in [0.29, 0.717) is 39.5 Å². The van der Waals surface area contributed by atoms with Crippen molar-refractivity contribution < 1.29 is 9.53 Å². The first-order valence-corrected chi connectivity index (χ1v) is 10.9. The maximum absolute atomic E-state index is 12.2. The number of halogens is 2. The molecule has 30 heavy (non-hydrogen) atoms. The highest BCUT2D eigenvalue weighted by Crippen LogP contribution is 2.34. The van der Waals surface area contributed by atoms with Crippen LogP contribution in [0, 0.1) is 6.92 Å². The summed E-state index contributed by atoms with van der Waals surface area (Å²) in [5.74, 6) is -0.0974. The average molecular weight is 484 g/mol. The molecule has 1 aromatic carbocycles. The minimum atomic E-state index is -0.402. The van der Waals surface area contributed by atoms with E-state index in [9.17, 15) is 4.79 Å². The first kappa shape index (κ1) is 22.5. The summed E-state index contributed by atoms with van der Waals surface area (Å²) in [5, 5.41) is 12.3. The Kier molecular flexibility index (Phi) is 7.30. The van der Waals surface area contributed by atoms with Gasteiger partial charge in [-0.2, -0.15) is 0 Å². The molecular weight excluding hydrogens is 465 g/mol. The molecule has 0 fully saturated rings. The predicted molar refractivity (Wildman–Crippen MR) is 125 cm³/mol. The van der Waals surface area contributed by atoms with Crippen molar-refractivity contribution in [3.63, 3.8) is 0 Å². The first-order chi connectivity index (χ1) is 14.3. The van der Waals surface area contributed by atoms with Crippen LogP contribution < -0.4 is 10.6 Å². The van der Waals surface area contributed by atoms with Crippen molar-refractivity contribution in [3.8, 4) is 0 Å². The minimum Gasteiger partial charge on any atom is -0.465 e. The number of rotatable bonds is 6. The summed E-state index contributed by atoms with van der Waals surface area (Å²) in [6.45, 7) is 4.31. The summed E-state index contributed by atoms with van der Waals surface area (Å²) in [4.78, 5) is 17.5. The number of thiophene rings is 1. The second-order valence-corrected chi connectivity index (χ2v) is 8.68. The summed E-state index contributed by atoms with van der Waals surface area (Å²) in [6.07, 6.45) is 2.26. The lowest BCUT2D eigenvalue weighted by Crippen LogP contribution is -2.21. The van der Waals surface area contributed by atoms with Gasteiger partial charge < -0.3 is 10.1 Å². The van der Waals surface area contributed by atoms with Gasteiger partial charge in [0.05, 0.1) is 19.2 Å². The third kappa shape index (κ3) is 4.92. The molecule has 0 aliphatic carbocycles. The molecule has 158 valence electrons. The minimum absolute atomic E-state index is 0.262. The van der Waals surface area contributed by atoms with Crippen LogP contribution in [-0.2, 0) is 17.7 Å². The van der Waals surface area contributed by atoms with Gasteiger partial charge in [0.15, 0.2) is 5.11 Å². The van der Waals surface area contributed by atoms with Crippen molar-refractivity contribution in [1.82, 2.24) is 14.8 Å². The van der Waals surface area contributed by atoms with Crippen LogP contribution >= 0.6 is 46.8 Å². The van der Waals surface area contributed by atoms with Crippen molar-refractivity contribution in [1.29, 1.82) is 0 Å². The number of hydrogen-bond donors (Lipinski definition) is 2. The van der Waals surface area contributed by atoms with Gasteiger partial charge in [-0.05, 0) is 43.3 Å². The Morgan fingerprint density at radius 1 is 1.27 bits per heavy atom. The summed E-state index contributed by atoms with van der Waals surface area (Å²) in [7, 11) is 1.36. The molecule has 0 aliphatic heterocycles. The van der Waals surface area contributed by atoms with Crippen LogP contribution in [0.25, 0.3) is 0 Å². The van der Waals surface area contributed by atoms with Crippen LogP contribution in [0.5, 0.6) is 0 Å². The Bertz CT molecular complexity index is 1080. The van der Waals surface area contributed by atoms with E-state index in [1.165, 1.54) is 18.4 Å². The molecule has 0 bridgehead atoms. The van der Waals surface area contributed by atoms with E-state index in [4.69, 9.17) is 40.2 Å². The maximum atomic E-state index is 12.2. The molecule has 0 unspecified atom stereocenters. The fraction of sp³-hybridized carbons (Fsp3) is 0.263. The zero-order valence-corrected chi connectivity index (χ0v) is 19.6. The number of benzene rings is 1. The second kappa shape index (κ2) is 9.74. The summed E-state index contributed by atoms with van der Waals surface area (Å²) >= 11 is 19.2. The smallest absolute Gasteiger partial charge is 0.341 e. The zero-order valence-electron chi connectivity index (χ0n) is 16.5. The molecule has 3 rings (SSSR count). The lowest BCUT2D eigenvalue weighted by atomic mass is 10.1. The monoisotopic (exact) mass is 483 g/mol. The second-order valence-electron chi connectivity index (χ2n) is 6.23. The van der Waals surface area contributed by atoms with Gasteiger partial charge in [0.1, 0.15) is 11.3 Å². The average Bonchev–Trinajstić information content (AvgIpc) is 3.27. The first-order valence-electron chi connectivity index (χ1n) is 8.94. The summed E-state index contributed by atoms with van der Waals surface area (Å²) in [5.41, 5.74) is 2.19. The molecule has 0 aliphatic rings. The number of carbonyl (C=O) groups is 1. The number of methoxy groups -OCH3 is 1. The van der Waals surface area contributed by atoms with E-state index < -0.39 is 5.97 Å². The normalized spacial score (nSPS) is 10.7. The fourth-order valence-electron chi connectivity index (χ4n) is 2.92. The van der Waals surface area contributed by atoms with Gasteiger partial charge in [-0.3, -0.25) is 5.32 Å². The molecule has 3 aromatic rings. The molecule has 0 saturated carbocycles. The van der Waals surface area contributed by atoms with Crippen LogP contribution in [0.3, 0.4) is 0 Å². The molecule has 0 radical (unpaired) electrons. The van der Waals surface area contributed by atoms with Crippen molar-refractivity contribution in [2.45, 2.75) is 26.8 Å². The van der Waals surface area contributed by atoms with Gasteiger partial charge in [0, 0.05) is 20.5 Å². The lowest BCUT2D eigenvalue weighted by molar-refractivity contribution is 0.0601. The summed E-state index contributed by atoms with van der Waals surface area (Å²) < 4.78 is 6.53. The largest absolute Gasteiger partial charge is 0.465 e. The number of thiocarbonyl (C=S) groups is 1. The number of esters is 1. The van der Waals surface area contributed by atoms with E-state index in [-0.39, 0.29) is 5.11 Å². The van der Waals surface area contributed by atoms with Crippen LogP contribution in [0.1, 0.15) is 33.3 Å². The number of aryl methyl sites for hydroxylation is 1. The Balaban J connectivity index is 1.72. The van der Waals surface area contributed by atoms with Crippen LogP contribution in [0.15, 0.2) is 24.5 Å². The van der Waals surface area contributed by atoms with Crippen molar-refractivity contribution in [2.24, 2.45) is 0 Å². The topological polar surface area (TPSA) is 81.1 Å². The molecule has 2 aromatic heterocycles. The number of nitrogens with zero attached hydrogens (tertiary/aromatic N) is 3. The van der Waals surface area contributed by atoms with Crippen molar-refractivity contribution in [3.05, 3.63) is 56.1 Å². The van der Waals surface area contributed by atoms with E-state index in [1.54, 1.807) is 29.2 Å². The van der Waals surface area contributed by atoms with Gasteiger partial charge in [-0.15, -0.1) is 16.4 Å². The predicted octanol–water partition coefficient (Wildman–Crippen LogP) is 5.16. The fourth-order valence-corrected chi connectivity index (χ4v) is 4.83. The van der Waals surface area contributed by atoms with Gasteiger partial charge in [0.2, 0.25) is 5.95 Å². The van der Waals surface area contributed by atoms with Gasteiger partial charge in [-0.1, -0.05) is 36.2 Å². The van der Waals surface area contributed by atoms with E-state index in [1.807, 2.05) is 13.8 Å². The van der Waals surface area contributed by atoms with E-state index in [2.05, 4.69) is 20.7 Å². The molecule has 0 saturated heterocycles. The number of aromatic nitrogens is 3. The van der Waals surface area contributed by atoms with Gasteiger partial charge in [0.25, 0.3) is 0 Å². The lowest BCUT2D eigenvalue weighted by Gasteiger charge is -2.09. The Morgan fingerprint density at radius 3 is 2.60 bits per heavy atom. The molecule has 0 spiro atoms. The Labute approximate surface area is 193 Å². The van der Waals surface area contributed by atoms with Crippen molar-refractivity contribution in [2.75, 3.05) is 17.7 Å². The van der Waals surface area contributed by atoms with Crippen LogP contribution in [-0.4, -0.2) is 33.0 Å². The molecule has 2 heterocycles. The summed E-state index contributed by atoms with van der Waals surface area (Å²) in [6, 6.07) is 5.32. The van der Waals surface area contributed by atoms with Crippen LogP contribution in [0.2, 0.25) is 10.0 Å². The van der Waals surface area contributed by atoms with Crippen molar-refractivity contribution >= 4 is 68.8 Å². The highest BCUT2D eigenvalue weighted by molar-refractivity contribution is 7.80. The molecule has 11 heteroatoms. The highest BCUT2D eigenvalue weighted by Gasteiger charge is 2.22. The quantitative estimate of drug-likeness (QED) is 0.370. The molecule has 0 amide bonds. The van der Waals surface area contributed by atoms with Gasteiger partial charge in [-0.25, -0.2) is 14.5 Å². The van der Waals surface area contributed by atoms with Crippen LogP contribution in [0.4, 0.5) is 10.9 Å². The standard InChI is InChI=1S/C19H19Cl2N5O2S2/c1-4-11-10(2)30-16(15(11)17(27)28-3)23-19(29)24-18-22-9-26(25-18)8-12-13(20)6-5-7-14(12)21/h5-7,9H,4,8H2,1-3H3,(H2,23,24,25,29). The number of carbonyl (C=O) groups excluding carboxylic acids is 1. The third-order valence-corrected chi connectivity index (χ3v) is 6.30.